The molecule has 0 N–H and O–H groups in total. The summed E-state index contributed by atoms with van der Waals surface area (Å²) in [6.07, 6.45) is 1.05. The molecule has 17 heavy (non-hydrogen) atoms. The fourth-order valence-electron chi connectivity index (χ4n) is 1.74. The van der Waals surface area contributed by atoms with Crippen LogP contribution in [0.15, 0.2) is 0 Å². The summed E-state index contributed by atoms with van der Waals surface area (Å²) >= 11 is 0. The lowest BCUT2D eigenvalue weighted by molar-refractivity contribution is 0.00578. The summed E-state index contributed by atoms with van der Waals surface area (Å²) in [6, 6.07) is 0. The predicted molar refractivity (Wildman–Crippen MR) is 70.1 cm³/mol. The van der Waals surface area contributed by atoms with Crippen molar-refractivity contribution in [3.63, 3.8) is 0 Å². The van der Waals surface area contributed by atoms with Crippen LogP contribution in [0.1, 0.15) is 34.1 Å². The van der Waals surface area contributed by atoms with Crippen LogP contribution in [0.3, 0.4) is 0 Å². The lowest BCUT2D eigenvalue weighted by atomic mass is 9.90. The average molecular weight is 242 g/mol. The molecule has 2 rings (SSSR count). The second kappa shape index (κ2) is 5.74. The van der Waals surface area contributed by atoms with Crippen molar-refractivity contribution in [2.24, 2.45) is 0 Å². The van der Waals surface area contributed by atoms with Crippen molar-refractivity contribution in [3.05, 3.63) is 0 Å². The minimum Gasteiger partial charge on any atom is -0.411 e. The minimum atomic E-state index is -0.160. The Bertz CT molecular complexity index is 224. The lowest BCUT2D eigenvalue weighted by Gasteiger charge is -2.32. The summed E-state index contributed by atoms with van der Waals surface area (Å²) < 4.78 is 21.2. The molecule has 0 saturated carbocycles. The van der Waals surface area contributed by atoms with E-state index in [1.165, 1.54) is 0 Å². The molecule has 0 radical (unpaired) electrons. The first kappa shape index (κ1) is 15.0. The van der Waals surface area contributed by atoms with Crippen molar-refractivity contribution < 1.29 is 18.6 Å². The smallest absolute Gasteiger partial charge is 0.411 e. The second-order valence-electron chi connectivity index (χ2n) is 5.49. The molecule has 0 aromatic rings. The van der Waals surface area contributed by atoms with Gasteiger partial charge in [-0.25, -0.2) is 0 Å². The first-order chi connectivity index (χ1) is 7.74. The zero-order valence-electron chi connectivity index (χ0n) is 11.9. The van der Waals surface area contributed by atoms with Gasteiger partial charge in [0.25, 0.3) is 0 Å². The minimum absolute atomic E-state index is 0.0359. The van der Waals surface area contributed by atoms with Gasteiger partial charge in [-0.1, -0.05) is 0 Å². The fraction of sp³-hybridized carbons (Fsp3) is 1.00. The summed E-state index contributed by atoms with van der Waals surface area (Å²) in [5.74, 6) is 0. The van der Waals surface area contributed by atoms with E-state index in [1.54, 1.807) is 0 Å². The first-order valence-corrected chi connectivity index (χ1v) is 6.33. The van der Waals surface area contributed by atoms with E-state index in [-0.39, 0.29) is 25.4 Å². The Kier molecular flexibility index (Phi) is 5.07. The molecule has 98 valence electrons. The Balaban J connectivity index is 0.000000181. The molecule has 0 unspecified atom stereocenters. The Morgan fingerprint density at radius 2 is 1.18 bits per heavy atom. The van der Waals surface area contributed by atoms with Gasteiger partial charge in [0.05, 0.1) is 11.2 Å². The third-order valence-electron chi connectivity index (χ3n) is 3.36. The second-order valence-corrected chi connectivity index (χ2v) is 5.49. The maximum atomic E-state index is 5.54. The maximum Gasteiger partial charge on any atom is 0.454 e. The number of hydrogen-bond acceptors (Lipinski definition) is 4. The average Bonchev–Trinajstić information content (AvgIpc) is 2.35. The Hall–Kier alpha value is -0.0301. The molecule has 0 aromatic carbocycles. The molecular weight excluding hydrogens is 218 g/mol. The molecule has 2 fully saturated rings. The van der Waals surface area contributed by atoms with Gasteiger partial charge in [0.1, 0.15) is 0 Å². The Labute approximate surface area is 106 Å². The molecule has 4 nitrogen and oxygen atoms in total. The molecule has 6 heteroatoms. The van der Waals surface area contributed by atoms with Gasteiger partial charge in [-0.2, -0.15) is 0 Å². The van der Waals surface area contributed by atoms with Crippen LogP contribution in [0, 0.1) is 0 Å². The highest BCUT2D eigenvalue weighted by atomic mass is 16.7. The molecule has 0 aromatic heterocycles. The van der Waals surface area contributed by atoms with Crippen molar-refractivity contribution in [2.45, 2.75) is 59.0 Å². The number of hydrogen-bond donors (Lipinski definition) is 0. The third-order valence-corrected chi connectivity index (χ3v) is 3.36. The van der Waals surface area contributed by atoms with E-state index in [1.807, 2.05) is 13.6 Å². The van der Waals surface area contributed by atoms with Gasteiger partial charge < -0.3 is 18.6 Å². The summed E-state index contributed by atoms with van der Waals surface area (Å²) in [6.45, 7) is 13.8. The molecule has 2 aliphatic heterocycles. The molecule has 2 aliphatic rings. The van der Waals surface area contributed by atoms with Crippen LogP contribution in [-0.2, 0) is 18.6 Å². The topological polar surface area (TPSA) is 36.9 Å². The van der Waals surface area contributed by atoms with Gasteiger partial charge in [0, 0.05) is 13.2 Å². The van der Waals surface area contributed by atoms with Gasteiger partial charge >= 0.3 is 14.2 Å². The highest BCUT2D eigenvalue weighted by Gasteiger charge is 2.48. The highest BCUT2D eigenvalue weighted by Crippen LogP contribution is 2.36. The third kappa shape index (κ3) is 4.28. The van der Waals surface area contributed by atoms with Crippen LogP contribution in [0.2, 0.25) is 13.6 Å². The van der Waals surface area contributed by atoms with Crippen LogP contribution in [0.4, 0.5) is 0 Å². The van der Waals surface area contributed by atoms with E-state index < -0.39 is 0 Å². The monoisotopic (exact) mass is 242 g/mol. The lowest BCUT2D eigenvalue weighted by Crippen LogP contribution is -2.41. The molecule has 0 amide bonds. The van der Waals surface area contributed by atoms with Crippen molar-refractivity contribution in [1.82, 2.24) is 0 Å². The standard InChI is InChI=1S/C7H15BO2.C4H9BO2/c1-6(2)7(3,4)10-8(5)9-6;1-5-6-3-2-4-7-5/h1-5H3;2-4H2,1H3. The molecule has 0 aliphatic carbocycles. The molecule has 2 heterocycles. The Morgan fingerprint density at radius 1 is 0.765 bits per heavy atom. The van der Waals surface area contributed by atoms with Gasteiger partial charge in [-0.15, -0.1) is 0 Å². The van der Waals surface area contributed by atoms with E-state index in [0.717, 1.165) is 19.6 Å². The van der Waals surface area contributed by atoms with Crippen LogP contribution < -0.4 is 0 Å². The highest BCUT2D eigenvalue weighted by molar-refractivity contribution is 6.43. The summed E-state index contributed by atoms with van der Waals surface area (Å²) in [5, 5.41) is 0. The predicted octanol–water partition coefficient (Wildman–Crippen LogP) is 2.25. The van der Waals surface area contributed by atoms with E-state index in [0.29, 0.717) is 0 Å². The van der Waals surface area contributed by atoms with E-state index >= 15 is 0 Å². The summed E-state index contributed by atoms with van der Waals surface area (Å²) in [4.78, 5) is 0. The molecule has 2 saturated heterocycles. The van der Waals surface area contributed by atoms with Crippen LogP contribution in [0.5, 0.6) is 0 Å². The van der Waals surface area contributed by atoms with Gasteiger partial charge in [-0.05, 0) is 47.8 Å². The number of rotatable bonds is 0. The van der Waals surface area contributed by atoms with Gasteiger partial charge in [-0.3, -0.25) is 0 Å². The van der Waals surface area contributed by atoms with E-state index in [2.05, 4.69) is 27.7 Å². The summed E-state index contributed by atoms with van der Waals surface area (Å²) in [5.41, 5.74) is -0.321. The molecule has 0 spiro atoms. The zero-order chi connectivity index (χ0) is 13.1. The van der Waals surface area contributed by atoms with Crippen molar-refractivity contribution in [1.29, 1.82) is 0 Å². The van der Waals surface area contributed by atoms with Gasteiger partial charge in [0.2, 0.25) is 0 Å². The first-order valence-electron chi connectivity index (χ1n) is 6.33. The van der Waals surface area contributed by atoms with Crippen molar-refractivity contribution in [3.8, 4) is 0 Å². The fourth-order valence-corrected chi connectivity index (χ4v) is 1.74. The normalized spacial score (nSPS) is 26.5. The van der Waals surface area contributed by atoms with Crippen molar-refractivity contribution in [2.75, 3.05) is 13.2 Å². The molecular formula is C11H24B2O4. The maximum absolute atomic E-state index is 5.54. The zero-order valence-corrected chi connectivity index (χ0v) is 11.9. The Morgan fingerprint density at radius 3 is 1.35 bits per heavy atom. The van der Waals surface area contributed by atoms with Crippen LogP contribution in [-0.4, -0.2) is 38.7 Å². The SMILES string of the molecule is CB1OC(C)(C)C(C)(C)O1.CB1OCCCO1. The van der Waals surface area contributed by atoms with Crippen LogP contribution in [0.25, 0.3) is 0 Å². The largest absolute Gasteiger partial charge is 0.454 e. The summed E-state index contributed by atoms with van der Waals surface area (Å²) in [7, 11) is -0.0289. The van der Waals surface area contributed by atoms with E-state index in [9.17, 15) is 0 Å². The molecule has 0 atom stereocenters. The van der Waals surface area contributed by atoms with Gasteiger partial charge in [0.15, 0.2) is 0 Å². The van der Waals surface area contributed by atoms with Crippen molar-refractivity contribution >= 4 is 14.2 Å². The van der Waals surface area contributed by atoms with Crippen LogP contribution >= 0.6 is 0 Å². The van der Waals surface area contributed by atoms with E-state index in [4.69, 9.17) is 18.6 Å². The quantitative estimate of drug-likeness (QED) is 0.610. The molecule has 0 bridgehead atoms.